The van der Waals surface area contributed by atoms with Gasteiger partial charge in [0.25, 0.3) is 0 Å². The van der Waals surface area contributed by atoms with Gasteiger partial charge in [-0.2, -0.15) is 0 Å². The van der Waals surface area contributed by atoms with E-state index in [9.17, 15) is 4.79 Å². The minimum absolute atomic E-state index is 0.277. The van der Waals surface area contributed by atoms with Crippen LogP contribution in [0.25, 0.3) is 0 Å². The number of hydrogen-bond acceptors (Lipinski definition) is 2. The molecule has 2 atom stereocenters. The number of carbonyl (C=O) groups is 1. The molecule has 2 unspecified atom stereocenters. The number of likely N-dealkylation sites (tertiary alicyclic amines) is 1. The number of carbonyl (C=O) groups excluding carboxylic acids is 1. The summed E-state index contributed by atoms with van der Waals surface area (Å²) >= 11 is 0. The fraction of sp³-hybridized carbons (Fsp3) is 0.562. The van der Waals surface area contributed by atoms with Gasteiger partial charge in [0.05, 0.1) is 13.5 Å². The predicted molar refractivity (Wildman–Crippen MR) is 74.1 cm³/mol. The number of benzene rings is 1. The van der Waals surface area contributed by atoms with Gasteiger partial charge in [0.15, 0.2) is 0 Å². The zero-order chi connectivity index (χ0) is 13.2. The molecular weight excluding hydrogens is 238 g/mol. The monoisotopic (exact) mass is 259 g/mol. The molecule has 102 valence electrons. The zero-order valence-corrected chi connectivity index (χ0v) is 11.5. The van der Waals surface area contributed by atoms with Crippen molar-refractivity contribution in [1.29, 1.82) is 0 Å². The van der Waals surface area contributed by atoms with E-state index in [-0.39, 0.29) is 5.91 Å². The number of fused-ring (bicyclic) bond motifs is 1. The molecule has 3 nitrogen and oxygen atoms in total. The van der Waals surface area contributed by atoms with E-state index in [0.717, 1.165) is 36.2 Å². The van der Waals surface area contributed by atoms with Gasteiger partial charge in [-0.3, -0.25) is 4.79 Å². The van der Waals surface area contributed by atoms with Crippen molar-refractivity contribution < 1.29 is 9.53 Å². The van der Waals surface area contributed by atoms with Gasteiger partial charge in [0, 0.05) is 13.1 Å². The largest absolute Gasteiger partial charge is 0.497 e. The second-order valence-corrected chi connectivity index (χ2v) is 5.77. The quantitative estimate of drug-likeness (QED) is 0.834. The van der Waals surface area contributed by atoms with Crippen LogP contribution in [0.3, 0.4) is 0 Å². The summed E-state index contributed by atoms with van der Waals surface area (Å²) in [6.45, 7) is 1.97. The van der Waals surface area contributed by atoms with Crippen molar-refractivity contribution in [3.63, 3.8) is 0 Å². The van der Waals surface area contributed by atoms with Gasteiger partial charge in [0.1, 0.15) is 5.75 Å². The molecule has 1 heterocycles. The Morgan fingerprint density at radius 2 is 1.84 bits per heavy atom. The van der Waals surface area contributed by atoms with Gasteiger partial charge in [-0.15, -0.1) is 0 Å². The highest BCUT2D eigenvalue weighted by molar-refractivity contribution is 5.79. The molecule has 1 aromatic carbocycles. The highest BCUT2D eigenvalue weighted by atomic mass is 16.5. The lowest BCUT2D eigenvalue weighted by atomic mass is 10.0. The summed E-state index contributed by atoms with van der Waals surface area (Å²) in [5.41, 5.74) is 1.07. The Kier molecular flexibility index (Phi) is 3.45. The van der Waals surface area contributed by atoms with Crippen molar-refractivity contribution in [3.05, 3.63) is 29.8 Å². The highest BCUT2D eigenvalue weighted by Gasteiger charge is 2.37. The van der Waals surface area contributed by atoms with Crippen molar-refractivity contribution >= 4 is 5.91 Å². The minimum atomic E-state index is 0.277. The van der Waals surface area contributed by atoms with Gasteiger partial charge < -0.3 is 9.64 Å². The van der Waals surface area contributed by atoms with E-state index in [4.69, 9.17) is 4.74 Å². The third kappa shape index (κ3) is 2.60. The molecule has 1 amide bonds. The summed E-state index contributed by atoms with van der Waals surface area (Å²) < 4.78 is 5.13. The second-order valence-electron chi connectivity index (χ2n) is 5.77. The van der Waals surface area contributed by atoms with Gasteiger partial charge in [-0.05, 0) is 42.4 Å². The Bertz CT molecular complexity index is 442. The Labute approximate surface area is 114 Å². The first-order valence-corrected chi connectivity index (χ1v) is 7.17. The fourth-order valence-corrected chi connectivity index (χ4v) is 3.47. The molecule has 0 spiro atoms. The third-order valence-corrected chi connectivity index (χ3v) is 4.59. The minimum Gasteiger partial charge on any atom is -0.497 e. The Morgan fingerprint density at radius 3 is 2.42 bits per heavy atom. The molecule has 2 aliphatic rings. The first-order valence-electron chi connectivity index (χ1n) is 7.17. The summed E-state index contributed by atoms with van der Waals surface area (Å²) in [5.74, 6) is 2.67. The van der Waals surface area contributed by atoms with Crippen LogP contribution < -0.4 is 4.74 Å². The average Bonchev–Trinajstić information content (AvgIpc) is 3.00. The van der Waals surface area contributed by atoms with Crippen LogP contribution in [0.15, 0.2) is 24.3 Å². The van der Waals surface area contributed by atoms with Crippen LogP contribution in [-0.4, -0.2) is 31.0 Å². The Hall–Kier alpha value is -1.51. The zero-order valence-electron chi connectivity index (χ0n) is 11.5. The second kappa shape index (κ2) is 5.24. The summed E-state index contributed by atoms with van der Waals surface area (Å²) in [6, 6.07) is 7.80. The lowest BCUT2D eigenvalue weighted by Gasteiger charge is -2.17. The SMILES string of the molecule is COc1ccc(CC(=O)N2CC3CCCC3C2)cc1. The van der Waals surface area contributed by atoms with E-state index in [1.165, 1.54) is 19.3 Å². The molecule has 2 fully saturated rings. The Morgan fingerprint density at radius 1 is 1.21 bits per heavy atom. The van der Waals surface area contributed by atoms with Crippen LogP contribution >= 0.6 is 0 Å². The van der Waals surface area contributed by atoms with Crippen molar-refractivity contribution in [1.82, 2.24) is 4.90 Å². The standard InChI is InChI=1S/C16H21NO2/c1-19-15-7-5-12(6-8-15)9-16(18)17-10-13-3-2-4-14(13)11-17/h5-8,13-14H,2-4,9-11H2,1H3. The number of rotatable bonds is 3. The van der Waals surface area contributed by atoms with E-state index in [1.54, 1.807) is 7.11 Å². The van der Waals surface area contributed by atoms with E-state index in [0.29, 0.717) is 6.42 Å². The number of hydrogen-bond donors (Lipinski definition) is 0. The lowest BCUT2D eigenvalue weighted by Crippen LogP contribution is -2.30. The summed E-state index contributed by atoms with van der Waals surface area (Å²) in [6.07, 6.45) is 4.51. The van der Waals surface area contributed by atoms with Gasteiger partial charge in [-0.1, -0.05) is 18.6 Å². The van der Waals surface area contributed by atoms with Crippen molar-refractivity contribution in [3.8, 4) is 5.75 Å². The van der Waals surface area contributed by atoms with Gasteiger partial charge >= 0.3 is 0 Å². The molecule has 0 radical (unpaired) electrons. The molecular formula is C16H21NO2. The molecule has 1 aliphatic carbocycles. The predicted octanol–water partition coefficient (Wildman–Crippen LogP) is 2.50. The highest BCUT2D eigenvalue weighted by Crippen LogP contribution is 2.37. The lowest BCUT2D eigenvalue weighted by molar-refractivity contribution is -0.129. The normalized spacial score (nSPS) is 25.4. The maximum Gasteiger partial charge on any atom is 0.227 e. The first kappa shape index (κ1) is 12.5. The number of ether oxygens (including phenoxy) is 1. The molecule has 19 heavy (non-hydrogen) atoms. The van der Waals surface area contributed by atoms with E-state index >= 15 is 0 Å². The molecule has 1 saturated carbocycles. The van der Waals surface area contributed by atoms with Crippen molar-refractivity contribution in [2.75, 3.05) is 20.2 Å². The van der Waals surface area contributed by atoms with Crippen LogP contribution in [0.5, 0.6) is 5.75 Å². The number of nitrogens with zero attached hydrogens (tertiary/aromatic N) is 1. The average molecular weight is 259 g/mol. The van der Waals surface area contributed by atoms with Crippen LogP contribution in [0.2, 0.25) is 0 Å². The Balaban J connectivity index is 1.59. The smallest absolute Gasteiger partial charge is 0.227 e. The topological polar surface area (TPSA) is 29.5 Å². The summed E-state index contributed by atoms with van der Waals surface area (Å²) in [5, 5.41) is 0. The third-order valence-electron chi connectivity index (χ3n) is 4.59. The van der Waals surface area contributed by atoms with Crippen LogP contribution in [0, 0.1) is 11.8 Å². The molecule has 1 saturated heterocycles. The van der Waals surface area contributed by atoms with E-state index in [1.807, 2.05) is 24.3 Å². The fourth-order valence-electron chi connectivity index (χ4n) is 3.47. The maximum atomic E-state index is 12.3. The maximum absolute atomic E-state index is 12.3. The molecule has 0 N–H and O–H groups in total. The van der Waals surface area contributed by atoms with Gasteiger partial charge in [0.2, 0.25) is 5.91 Å². The van der Waals surface area contributed by atoms with Crippen LogP contribution in [0.1, 0.15) is 24.8 Å². The summed E-state index contributed by atoms with van der Waals surface area (Å²) in [4.78, 5) is 14.4. The first-order chi connectivity index (χ1) is 9.26. The molecule has 1 aromatic rings. The molecule has 3 rings (SSSR count). The molecule has 0 aromatic heterocycles. The van der Waals surface area contributed by atoms with Crippen LogP contribution in [0.4, 0.5) is 0 Å². The van der Waals surface area contributed by atoms with Crippen molar-refractivity contribution in [2.24, 2.45) is 11.8 Å². The molecule has 0 bridgehead atoms. The van der Waals surface area contributed by atoms with Gasteiger partial charge in [-0.25, -0.2) is 0 Å². The van der Waals surface area contributed by atoms with Crippen molar-refractivity contribution in [2.45, 2.75) is 25.7 Å². The molecule has 1 aliphatic heterocycles. The molecule has 3 heteroatoms. The van der Waals surface area contributed by atoms with E-state index < -0.39 is 0 Å². The van der Waals surface area contributed by atoms with Crippen LogP contribution in [-0.2, 0) is 11.2 Å². The summed E-state index contributed by atoms with van der Waals surface area (Å²) in [7, 11) is 1.66. The number of methoxy groups -OCH3 is 1. The number of amides is 1. The van der Waals surface area contributed by atoms with E-state index in [2.05, 4.69) is 4.90 Å².